The number of aliphatic hydroxyl groups excluding tert-OH is 1. The molecule has 1 atom stereocenters. The van der Waals surface area contributed by atoms with E-state index in [1.165, 1.54) is 24.3 Å². The highest BCUT2D eigenvalue weighted by Gasteiger charge is 2.12. The first kappa shape index (κ1) is 15.3. The average Bonchev–Trinajstić information content (AvgIpc) is 2.42. The summed E-state index contributed by atoms with van der Waals surface area (Å²) in [4.78, 5) is 31.6. The molecule has 0 bridgehead atoms. The fourth-order valence-electron chi connectivity index (χ4n) is 1.26. The van der Waals surface area contributed by atoms with Crippen molar-refractivity contribution < 1.29 is 24.7 Å². The fourth-order valence-corrected chi connectivity index (χ4v) is 1.26. The van der Waals surface area contributed by atoms with Crippen LogP contribution in [0.1, 0.15) is 5.56 Å². The Balaban J connectivity index is 2.59. The van der Waals surface area contributed by atoms with Gasteiger partial charge in [0.05, 0.1) is 11.5 Å². The van der Waals surface area contributed by atoms with Crippen LogP contribution in [0.4, 0.5) is 5.69 Å². The van der Waals surface area contributed by atoms with E-state index in [9.17, 15) is 19.7 Å². The number of rotatable bonds is 6. The molecule has 0 heterocycles. The van der Waals surface area contributed by atoms with Crippen LogP contribution >= 0.6 is 0 Å². The van der Waals surface area contributed by atoms with E-state index >= 15 is 0 Å². The molecule has 0 fully saturated rings. The average molecular weight is 280 g/mol. The lowest BCUT2D eigenvalue weighted by atomic mass is 10.2. The van der Waals surface area contributed by atoms with E-state index in [4.69, 9.17) is 10.2 Å². The fraction of sp³-hybridized carbons (Fsp3) is 0.167. The summed E-state index contributed by atoms with van der Waals surface area (Å²) in [5.74, 6) is -2.05. The number of nitrogens with zero attached hydrogens (tertiary/aromatic N) is 1. The minimum absolute atomic E-state index is 0.103. The summed E-state index contributed by atoms with van der Waals surface area (Å²) < 4.78 is 0. The topological polar surface area (TPSA) is 130 Å². The number of nitro benzene ring substituents is 1. The minimum Gasteiger partial charge on any atom is -0.479 e. The van der Waals surface area contributed by atoms with E-state index < -0.39 is 29.4 Å². The molecule has 1 aromatic rings. The molecule has 20 heavy (non-hydrogen) atoms. The van der Waals surface area contributed by atoms with Crippen LogP contribution in [0.25, 0.3) is 6.08 Å². The first-order valence-corrected chi connectivity index (χ1v) is 5.51. The molecule has 0 aliphatic heterocycles. The normalized spacial score (nSPS) is 12.1. The maximum Gasteiger partial charge on any atom is 0.334 e. The van der Waals surface area contributed by atoms with E-state index in [2.05, 4.69) is 5.32 Å². The second-order valence-corrected chi connectivity index (χ2v) is 3.78. The number of benzene rings is 1. The van der Waals surface area contributed by atoms with Gasteiger partial charge in [-0.25, -0.2) is 4.79 Å². The van der Waals surface area contributed by atoms with Crippen LogP contribution in [-0.4, -0.2) is 39.7 Å². The van der Waals surface area contributed by atoms with E-state index in [1.54, 1.807) is 6.07 Å². The number of carboxylic acid groups (broad SMARTS) is 1. The summed E-state index contributed by atoms with van der Waals surface area (Å²) >= 11 is 0. The van der Waals surface area contributed by atoms with Gasteiger partial charge in [0.25, 0.3) is 5.69 Å². The summed E-state index contributed by atoms with van der Waals surface area (Å²) in [6, 6.07) is 5.66. The van der Waals surface area contributed by atoms with Gasteiger partial charge in [0, 0.05) is 18.2 Å². The Hall–Kier alpha value is -2.74. The smallest absolute Gasteiger partial charge is 0.334 e. The van der Waals surface area contributed by atoms with Gasteiger partial charge in [-0.05, 0) is 11.6 Å². The molecular formula is C12H12N2O6. The molecule has 8 nitrogen and oxygen atoms in total. The van der Waals surface area contributed by atoms with Crippen molar-refractivity contribution in [1.82, 2.24) is 5.32 Å². The quantitative estimate of drug-likeness (QED) is 0.387. The van der Waals surface area contributed by atoms with Crippen molar-refractivity contribution in [3.8, 4) is 0 Å². The summed E-state index contributed by atoms with van der Waals surface area (Å²) in [6.07, 6.45) is 0.758. The van der Waals surface area contributed by atoms with Gasteiger partial charge in [0.15, 0.2) is 6.10 Å². The lowest BCUT2D eigenvalue weighted by Crippen LogP contribution is -2.35. The van der Waals surface area contributed by atoms with Crippen LogP contribution < -0.4 is 5.32 Å². The third-order valence-electron chi connectivity index (χ3n) is 2.26. The number of carbonyl (C=O) groups excluding carboxylic acids is 1. The zero-order valence-corrected chi connectivity index (χ0v) is 10.2. The highest BCUT2D eigenvalue weighted by molar-refractivity contribution is 5.92. The number of nitro groups is 1. The molecule has 1 rings (SSSR count). The van der Waals surface area contributed by atoms with Crippen molar-refractivity contribution in [2.75, 3.05) is 6.54 Å². The molecule has 106 valence electrons. The molecule has 0 saturated heterocycles. The van der Waals surface area contributed by atoms with Crippen LogP contribution in [0.3, 0.4) is 0 Å². The van der Waals surface area contributed by atoms with E-state index in [0.717, 1.165) is 6.08 Å². The molecule has 0 aromatic heterocycles. The van der Waals surface area contributed by atoms with Crippen molar-refractivity contribution in [2.24, 2.45) is 0 Å². The highest BCUT2D eigenvalue weighted by atomic mass is 16.6. The predicted octanol–water partition coefficient (Wildman–Crippen LogP) is 0.170. The van der Waals surface area contributed by atoms with E-state index in [-0.39, 0.29) is 5.69 Å². The van der Waals surface area contributed by atoms with E-state index in [0.29, 0.717) is 5.56 Å². The summed E-state index contributed by atoms with van der Waals surface area (Å²) in [5, 5.41) is 30.1. The summed E-state index contributed by atoms with van der Waals surface area (Å²) in [7, 11) is 0. The number of nitrogens with one attached hydrogen (secondary N) is 1. The number of amides is 1. The Labute approximate surface area is 113 Å². The van der Waals surface area contributed by atoms with Crippen LogP contribution in [0, 0.1) is 10.1 Å². The van der Waals surface area contributed by atoms with Gasteiger partial charge in [0.1, 0.15) is 0 Å². The molecule has 0 saturated carbocycles. The largest absolute Gasteiger partial charge is 0.479 e. The minimum atomic E-state index is -1.68. The number of carbonyl (C=O) groups is 2. The highest BCUT2D eigenvalue weighted by Crippen LogP contribution is 2.13. The van der Waals surface area contributed by atoms with Gasteiger partial charge >= 0.3 is 5.97 Å². The molecule has 8 heteroatoms. The van der Waals surface area contributed by atoms with Crippen LogP contribution in [-0.2, 0) is 9.59 Å². The second-order valence-electron chi connectivity index (χ2n) is 3.78. The van der Waals surface area contributed by atoms with Crippen LogP contribution in [0.15, 0.2) is 30.3 Å². The Kier molecular flexibility index (Phi) is 5.36. The lowest BCUT2D eigenvalue weighted by Gasteiger charge is -2.05. The lowest BCUT2D eigenvalue weighted by molar-refractivity contribution is -0.384. The van der Waals surface area contributed by atoms with Crippen LogP contribution in [0.2, 0.25) is 0 Å². The van der Waals surface area contributed by atoms with Crippen molar-refractivity contribution in [3.63, 3.8) is 0 Å². The number of hydrogen-bond acceptors (Lipinski definition) is 5. The van der Waals surface area contributed by atoms with Crippen LogP contribution in [0.5, 0.6) is 0 Å². The second kappa shape index (κ2) is 7.00. The Morgan fingerprint density at radius 1 is 1.45 bits per heavy atom. The van der Waals surface area contributed by atoms with Crippen molar-refractivity contribution in [3.05, 3.63) is 46.0 Å². The summed E-state index contributed by atoms with van der Waals surface area (Å²) in [6.45, 7) is -0.423. The number of aliphatic carboxylic acids is 1. The monoisotopic (exact) mass is 280 g/mol. The molecular weight excluding hydrogens is 268 g/mol. The van der Waals surface area contributed by atoms with Gasteiger partial charge in [0.2, 0.25) is 5.91 Å². The number of hydrogen-bond donors (Lipinski definition) is 3. The molecule has 0 radical (unpaired) electrons. The van der Waals surface area contributed by atoms with E-state index in [1.807, 2.05) is 0 Å². The molecule has 0 unspecified atom stereocenters. The Morgan fingerprint density at radius 3 is 2.75 bits per heavy atom. The first-order valence-electron chi connectivity index (χ1n) is 5.51. The van der Waals surface area contributed by atoms with Gasteiger partial charge in [-0.1, -0.05) is 12.1 Å². The predicted molar refractivity (Wildman–Crippen MR) is 68.8 cm³/mol. The first-order chi connectivity index (χ1) is 9.40. The third-order valence-corrected chi connectivity index (χ3v) is 2.26. The van der Waals surface area contributed by atoms with Crippen molar-refractivity contribution >= 4 is 23.6 Å². The third kappa shape index (κ3) is 4.86. The SMILES string of the molecule is O=C(/C=C/c1cccc([N+](=O)[O-])c1)NC[C@H](O)C(=O)O. The molecule has 1 amide bonds. The summed E-state index contributed by atoms with van der Waals surface area (Å²) in [5.41, 5.74) is 0.349. The molecule has 0 aliphatic carbocycles. The zero-order valence-electron chi connectivity index (χ0n) is 10.2. The zero-order chi connectivity index (χ0) is 15.1. The molecule has 0 spiro atoms. The van der Waals surface area contributed by atoms with Gasteiger partial charge in [-0.2, -0.15) is 0 Å². The number of carboxylic acids is 1. The van der Waals surface area contributed by atoms with Crippen molar-refractivity contribution in [1.29, 1.82) is 0 Å². The molecule has 1 aromatic carbocycles. The Morgan fingerprint density at radius 2 is 2.15 bits per heavy atom. The van der Waals surface area contributed by atoms with Gasteiger partial charge in [-0.15, -0.1) is 0 Å². The van der Waals surface area contributed by atoms with Crippen molar-refractivity contribution in [2.45, 2.75) is 6.10 Å². The maximum absolute atomic E-state index is 11.3. The number of aliphatic hydroxyl groups is 1. The van der Waals surface area contributed by atoms with Gasteiger partial charge in [-0.3, -0.25) is 14.9 Å². The Bertz CT molecular complexity index is 555. The maximum atomic E-state index is 11.3. The number of non-ortho nitro benzene ring substituents is 1. The molecule has 3 N–H and O–H groups in total. The van der Waals surface area contributed by atoms with Gasteiger partial charge < -0.3 is 15.5 Å². The standard InChI is InChI=1S/C12H12N2O6/c15-10(12(17)18)7-13-11(16)5-4-8-2-1-3-9(6-8)14(19)20/h1-6,10,15H,7H2,(H,13,16)(H,17,18)/b5-4+/t10-/m0/s1. The molecule has 0 aliphatic rings.